The monoisotopic (exact) mass is 363 g/mol. The van der Waals surface area contributed by atoms with Crippen LogP contribution >= 0.6 is 15.9 Å². The summed E-state index contributed by atoms with van der Waals surface area (Å²) < 4.78 is 0. The molecule has 118 valence electrons. The summed E-state index contributed by atoms with van der Waals surface area (Å²) in [6.45, 7) is 6.18. The number of ketones is 1. The SMILES string of the molecule is CN(C(=O)[C@@]12CC[C@@](C)(C(=O)[C@H]1Br)C2(C)C)c1ccccc1. The predicted octanol–water partition coefficient (Wildman–Crippen LogP) is 3.81. The fraction of sp³-hybridized carbons (Fsp3) is 0.556. The van der Waals surface area contributed by atoms with Crippen molar-refractivity contribution in [3.63, 3.8) is 0 Å². The van der Waals surface area contributed by atoms with E-state index in [2.05, 4.69) is 29.8 Å². The van der Waals surface area contributed by atoms with E-state index in [-0.39, 0.29) is 17.1 Å². The topological polar surface area (TPSA) is 37.4 Å². The minimum atomic E-state index is -0.663. The molecule has 2 aliphatic carbocycles. The van der Waals surface area contributed by atoms with Gasteiger partial charge in [-0.1, -0.05) is 54.9 Å². The first-order valence-electron chi connectivity index (χ1n) is 7.72. The van der Waals surface area contributed by atoms with Crippen LogP contribution in [0.25, 0.3) is 0 Å². The quantitative estimate of drug-likeness (QED) is 0.749. The molecule has 1 aromatic rings. The first kappa shape index (κ1) is 15.7. The van der Waals surface area contributed by atoms with Crippen LogP contribution in [-0.2, 0) is 9.59 Å². The molecule has 0 saturated heterocycles. The molecule has 1 aromatic carbocycles. The number of alkyl halides is 1. The van der Waals surface area contributed by atoms with Crippen molar-refractivity contribution in [2.45, 2.75) is 38.4 Å². The van der Waals surface area contributed by atoms with Crippen LogP contribution in [0.2, 0.25) is 0 Å². The van der Waals surface area contributed by atoms with Gasteiger partial charge in [0.15, 0.2) is 5.78 Å². The second-order valence-electron chi connectivity index (χ2n) is 7.35. The Hall–Kier alpha value is -1.16. The standard InChI is InChI=1S/C18H22BrNO2/c1-16(2)17(3)10-11-18(16,13(19)14(17)21)15(22)20(4)12-8-6-5-7-9-12/h5-9,13H,10-11H2,1-4H3/t13-,17+,18-/m1/s1. The largest absolute Gasteiger partial charge is 0.315 e. The number of fused-ring (bicyclic) bond motifs is 2. The van der Waals surface area contributed by atoms with E-state index in [0.717, 1.165) is 18.5 Å². The maximum Gasteiger partial charge on any atom is 0.235 e. The number of halogens is 1. The van der Waals surface area contributed by atoms with E-state index in [1.807, 2.05) is 37.3 Å². The summed E-state index contributed by atoms with van der Waals surface area (Å²) >= 11 is 3.57. The van der Waals surface area contributed by atoms with Gasteiger partial charge in [-0.05, 0) is 30.4 Å². The Morgan fingerprint density at radius 2 is 1.77 bits per heavy atom. The average molecular weight is 364 g/mol. The van der Waals surface area contributed by atoms with E-state index >= 15 is 0 Å². The van der Waals surface area contributed by atoms with Crippen LogP contribution in [0.1, 0.15) is 33.6 Å². The van der Waals surface area contributed by atoms with Crippen molar-refractivity contribution in [2.75, 3.05) is 11.9 Å². The molecule has 0 heterocycles. The summed E-state index contributed by atoms with van der Waals surface area (Å²) in [5.74, 6) is 0.221. The van der Waals surface area contributed by atoms with E-state index in [1.165, 1.54) is 0 Å². The van der Waals surface area contributed by atoms with E-state index in [0.29, 0.717) is 0 Å². The molecule has 2 aliphatic rings. The van der Waals surface area contributed by atoms with E-state index in [4.69, 9.17) is 0 Å². The lowest BCUT2D eigenvalue weighted by atomic mass is 9.64. The molecule has 0 unspecified atom stereocenters. The minimum absolute atomic E-state index is 0.0418. The Labute approximate surface area is 140 Å². The van der Waals surface area contributed by atoms with Crippen LogP contribution in [0.3, 0.4) is 0 Å². The zero-order valence-corrected chi connectivity index (χ0v) is 15.1. The Kier molecular flexibility index (Phi) is 3.34. The molecule has 4 heteroatoms. The van der Waals surface area contributed by atoms with E-state index in [9.17, 15) is 9.59 Å². The highest BCUT2D eigenvalue weighted by Crippen LogP contribution is 2.72. The van der Waals surface area contributed by atoms with Gasteiger partial charge in [0.05, 0.1) is 10.2 Å². The van der Waals surface area contributed by atoms with Crippen molar-refractivity contribution >= 4 is 33.3 Å². The maximum atomic E-state index is 13.4. The zero-order valence-electron chi connectivity index (χ0n) is 13.5. The second-order valence-corrected chi connectivity index (χ2v) is 8.27. The lowest BCUT2D eigenvalue weighted by Gasteiger charge is -2.41. The average Bonchev–Trinajstić information content (AvgIpc) is 2.79. The van der Waals surface area contributed by atoms with Crippen LogP contribution < -0.4 is 4.90 Å². The van der Waals surface area contributed by atoms with Crippen LogP contribution in [0.15, 0.2) is 30.3 Å². The van der Waals surface area contributed by atoms with E-state index in [1.54, 1.807) is 11.9 Å². The highest BCUT2D eigenvalue weighted by molar-refractivity contribution is 9.10. The fourth-order valence-corrected chi connectivity index (χ4v) is 6.00. The summed E-state index contributed by atoms with van der Waals surface area (Å²) in [7, 11) is 1.81. The highest BCUT2D eigenvalue weighted by atomic mass is 79.9. The molecule has 2 fully saturated rings. The molecule has 0 aromatic heterocycles. The summed E-state index contributed by atoms with van der Waals surface area (Å²) in [5.41, 5.74) is -0.575. The van der Waals surface area contributed by atoms with Gasteiger partial charge in [0.25, 0.3) is 0 Å². The van der Waals surface area contributed by atoms with Crippen molar-refractivity contribution in [1.29, 1.82) is 0 Å². The van der Waals surface area contributed by atoms with Gasteiger partial charge in [0.2, 0.25) is 5.91 Å². The highest BCUT2D eigenvalue weighted by Gasteiger charge is 2.77. The minimum Gasteiger partial charge on any atom is -0.315 e. The number of nitrogens with zero attached hydrogens (tertiary/aromatic N) is 1. The van der Waals surface area contributed by atoms with Gasteiger partial charge in [0, 0.05) is 18.2 Å². The molecule has 22 heavy (non-hydrogen) atoms. The van der Waals surface area contributed by atoms with Crippen molar-refractivity contribution in [2.24, 2.45) is 16.2 Å². The Morgan fingerprint density at radius 1 is 1.18 bits per heavy atom. The first-order valence-corrected chi connectivity index (χ1v) is 8.63. The lowest BCUT2D eigenvalue weighted by molar-refractivity contribution is -0.132. The number of carbonyl (C=O) groups is 2. The molecule has 0 spiro atoms. The van der Waals surface area contributed by atoms with Crippen LogP contribution in [0.5, 0.6) is 0 Å². The van der Waals surface area contributed by atoms with Crippen molar-refractivity contribution in [3.8, 4) is 0 Å². The molecule has 3 nitrogen and oxygen atoms in total. The van der Waals surface area contributed by atoms with Crippen LogP contribution in [0, 0.1) is 16.2 Å². The Bertz CT molecular complexity index is 642. The summed E-state index contributed by atoms with van der Waals surface area (Å²) in [6.07, 6.45) is 1.55. The normalized spacial score (nSPS) is 35.7. The number of rotatable bonds is 2. The van der Waals surface area contributed by atoms with Gasteiger partial charge in [0.1, 0.15) is 0 Å². The first-order chi connectivity index (χ1) is 10.2. The van der Waals surface area contributed by atoms with E-state index < -0.39 is 15.7 Å². The third-order valence-electron chi connectivity index (χ3n) is 6.55. The molecule has 0 radical (unpaired) electrons. The Morgan fingerprint density at radius 3 is 2.27 bits per heavy atom. The lowest BCUT2D eigenvalue weighted by Crippen LogP contribution is -2.51. The molecule has 1 amide bonds. The zero-order chi connectivity index (χ0) is 16.3. The number of anilines is 1. The molecule has 0 aliphatic heterocycles. The summed E-state index contributed by atoms with van der Waals surface area (Å²) in [5, 5.41) is 0. The molecular weight excluding hydrogens is 342 g/mol. The Balaban J connectivity index is 2.07. The van der Waals surface area contributed by atoms with Crippen molar-refractivity contribution in [3.05, 3.63) is 30.3 Å². The van der Waals surface area contributed by atoms with Gasteiger partial charge in [-0.3, -0.25) is 9.59 Å². The summed E-state index contributed by atoms with van der Waals surface area (Å²) in [4.78, 5) is 27.5. The van der Waals surface area contributed by atoms with Gasteiger partial charge in [-0.2, -0.15) is 0 Å². The second kappa shape index (κ2) is 4.67. The smallest absolute Gasteiger partial charge is 0.235 e. The number of hydrogen-bond acceptors (Lipinski definition) is 2. The number of benzene rings is 1. The van der Waals surface area contributed by atoms with Crippen LogP contribution in [-0.4, -0.2) is 23.6 Å². The third kappa shape index (κ3) is 1.57. The van der Waals surface area contributed by atoms with Gasteiger partial charge in [-0.25, -0.2) is 0 Å². The maximum absolute atomic E-state index is 13.4. The predicted molar refractivity (Wildman–Crippen MR) is 91.1 cm³/mol. The molecule has 2 bridgehead atoms. The number of amides is 1. The number of Topliss-reactive ketones (excluding diaryl/α,β-unsaturated/α-hetero) is 1. The van der Waals surface area contributed by atoms with Crippen molar-refractivity contribution in [1.82, 2.24) is 0 Å². The number of carbonyl (C=O) groups excluding carboxylic acids is 2. The summed E-state index contributed by atoms with van der Waals surface area (Å²) in [6, 6.07) is 9.63. The molecule has 3 atom stereocenters. The van der Waals surface area contributed by atoms with Crippen LogP contribution in [0.4, 0.5) is 5.69 Å². The number of para-hydroxylation sites is 1. The van der Waals surface area contributed by atoms with Gasteiger partial charge in [-0.15, -0.1) is 0 Å². The molecule has 2 saturated carbocycles. The molecule has 3 rings (SSSR count). The van der Waals surface area contributed by atoms with Crippen molar-refractivity contribution < 1.29 is 9.59 Å². The third-order valence-corrected chi connectivity index (χ3v) is 7.75. The molecule has 0 N–H and O–H groups in total. The van der Waals surface area contributed by atoms with Gasteiger partial charge >= 0.3 is 0 Å². The van der Waals surface area contributed by atoms with Gasteiger partial charge < -0.3 is 4.90 Å². The fourth-order valence-electron chi connectivity index (χ4n) is 4.49. The number of hydrogen-bond donors (Lipinski definition) is 0. The molecular formula is C18H22BrNO2.